The Bertz CT molecular complexity index is 188. The normalized spacial score (nSPS) is 10.8. The Morgan fingerprint density at radius 1 is 1.73 bits per heavy atom. The quantitative estimate of drug-likeness (QED) is 0.714. The second-order valence-electron chi connectivity index (χ2n) is 2.35. The van der Waals surface area contributed by atoms with Gasteiger partial charge in [0.1, 0.15) is 0 Å². The summed E-state index contributed by atoms with van der Waals surface area (Å²) in [5.41, 5.74) is 0. The Kier molecular flexibility index (Phi) is 3.82. The summed E-state index contributed by atoms with van der Waals surface area (Å²) in [5.74, 6) is 0.892. The lowest BCUT2D eigenvalue weighted by Gasteiger charge is -2.12. The Balaban J connectivity index is 2.31. The van der Waals surface area contributed by atoms with E-state index in [1.807, 2.05) is 0 Å². The molecule has 1 heterocycles. The molecule has 1 aromatic rings. The van der Waals surface area contributed by atoms with E-state index in [2.05, 4.69) is 34.2 Å². The van der Waals surface area contributed by atoms with E-state index in [-0.39, 0.29) is 0 Å². The maximum absolute atomic E-state index is 4.14. The first kappa shape index (κ1) is 8.96. The summed E-state index contributed by atoms with van der Waals surface area (Å²) in [6, 6.07) is 0. The predicted octanol–water partition coefficient (Wildman–Crippen LogP) is 0.900. The Morgan fingerprint density at radius 2 is 2.55 bits per heavy atom. The van der Waals surface area contributed by atoms with Gasteiger partial charge in [-0.25, -0.2) is 0 Å². The minimum atomic E-state index is 0.892. The van der Waals surface area contributed by atoms with Gasteiger partial charge in [0.05, 0.1) is 11.1 Å². The zero-order chi connectivity index (χ0) is 8.10. The molecule has 0 aliphatic heterocycles. The summed E-state index contributed by atoms with van der Waals surface area (Å²) < 4.78 is 3.78. The lowest BCUT2D eigenvalue weighted by molar-refractivity contribution is 0.352. The van der Waals surface area contributed by atoms with E-state index in [1.54, 1.807) is 6.20 Å². The first-order valence-corrected chi connectivity index (χ1v) is 4.79. The average molecular weight is 189 g/mol. The molecule has 0 fully saturated rings. The summed E-state index contributed by atoms with van der Waals surface area (Å²) in [4.78, 5) is 3.40. The topological polar surface area (TPSA) is 29.0 Å². The number of thiol groups is 1. The van der Waals surface area contributed by atoms with Crippen LogP contribution in [0.5, 0.6) is 0 Å². The van der Waals surface area contributed by atoms with E-state index in [1.165, 1.54) is 16.4 Å². The van der Waals surface area contributed by atoms with Crippen LogP contribution in [0.1, 0.15) is 4.88 Å². The Morgan fingerprint density at radius 3 is 3.09 bits per heavy atom. The van der Waals surface area contributed by atoms with Crippen molar-refractivity contribution >= 4 is 24.2 Å². The molecule has 0 atom stereocenters. The van der Waals surface area contributed by atoms with Crippen LogP contribution in [-0.4, -0.2) is 33.8 Å². The highest BCUT2D eigenvalue weighted by molar-refractivity contribution is 7.80. The molecule has 62 valence electrons. The first-order valence-electron chi connectivity index (χ1n) is 3.38. The predicted molar refractivity (Wildman–Crippen MR) is 50.1 cm³/mol. The maximum Gasteiger partial charge on any atom is 0.0666 e. The minimum absolute atomic E-state index is 0.892. The fraction of sp³-hybridized carbons (Fsp3) is 0.667. The van der Waals surface area contributed by atoms with Crippen molar-refractivity contribution < 1.29 is 0 Å². The van der Waals surface area contributed by atoms with Crippen LogP contribution in [0.15, 0.2) is 6.20 Å². The van der Waals surface area contributed by atoms with Gasteiger partial charge < -0.3 is 4.90 Å². The molecular weight excluding hydrogens is 178 g/mol. The summed E-state index contributed by atoms with van der Waals surface area (Å²) in [7, 11) is 2.07. The van der Waals surface area contributed by atoms with Crippen LogP contribution >= 0.6 is 24.2 Å². The number of aromatic nitrogens is 2. The molecule has 5 heteroatoms. The van der Waals surface area contributed by atoms with Crippen LogP contribution < -0.4 is 0 Å². The zero-order valence-corrected chi connectivity index (χ0v) is 8.11. The summed E-state index contributed by atoms with van der Waals surface area (Å²) in [6.07, 6.45) is 1.81. The number of hydrogen-bond acceptors (Lipinski definition) is 5. The monoisotopic (exact) mass is 189 g/mol. The first-order chi connectivity index (χ1) is 5.33. The second-order valence-corrected chi connectivity index (χ2v) is 3.66. The van der Waals surface area contributed by atoms with Crippen LogP contribution in [0, 0.1) is 0 Å². The standard InChI is InChI=1S/C6H11N3S2/c1-9(2-3-10)5-6-4-7-8-11-6/h4,10H,2-3,5H2,1H3. The number of hydrogen-bond donors (Lipinski definition) is 1. The highest BCUT2D eigenvalue weighted by Gasteiger charge is 2.00. The smallest absolute Gasteiger partial charge is 0.0666 e. The van der Waals surface area contributed by atoms with Gasteiger partial charge in [0.15, 0.2) is 0 Å². The van der Waals surface area contributed by atoms with Gasteiger partial charge in [0.25, 0.3) is 0 Å². The third-order valence-corrected chi connectivity index (χ3v) is 2.16. The van der Waals surface area contributed by atoms with Crippen molar-refractivity contribution in [3.05, 3.63) is 11.1 Å². The molecule has 0 amide bonds. The van der Waals surface area contributed by atoms with Gasteiger partial charge in [-0.2, -0.15) is 12.6 Å². The summed E-state index contributed by atoms with van der Waals surface area (Å²) >= 11 is 5.59. The highest BCUT2D eigenvalue weighted by Crippen LogP contribution is 2.04. The van der Waals surface area contributed by atoms with Crippen LogP contribution in [0.3, 0.4) is 0 Å². The molecule has 0 aromatic carbocycles. The van der Waals surface area contributed by atoms with Crippen molar-refractivity contribution in [2.45, 2.75) is 6.54 Å². The lowest BCUT2D eigenvalue weighted by Crippen LogP contribution is -2.19. The van der Waals surface area contributed by atoms with Crippen molar-refractivity contribution in [2.24, 2.45) is 0 Å². The Labute approximate surface area is 76.0 Å². The van der Waals surface area contributed by atoms with Crippen molar-refractivity contribution in [2.75, 3.05) is 19.3 Å². The van der Waals surface area contributed by atoms with Gasteiger partial charge >= 0.3 is 0 Å². The zero-order valence-electron chi connectivity index (χ0n) is 6.40. The molecule has 0 saturated heterocycles. The molecule has 1 aromatic heterocycles. The van der Waals surface area contributed by atoms with Gasteiger partial charge in [0, 0.05) is 18.8 Å². The molecule has 11 heavy (non-hydrogen) atoms. The van der Waals surface area contributed by atoms with Crippen LogP contribution in [0.25, 0.3) is 0 Å². The third-order valence-electron chi connectivity index (χ3n) is 1.31. The second kappa shape index (κ2) is 4.69. The van der Waals surface area contributed by atoms with E-state index in [9.17, 15) is 0 Å². The maximum atomic E-state index is 4.14. The summed E-state index contributed by atoms with van der Waals surface area (Å²) in [5, 5.41) is 3.76. The molecule has 0 N–H and O–H groups in total. The largest absolute Gasteiger partial charge is 0.300 e. The number of nitrogens with zero attached hydrogens (tertiary/aromatic N) is 3. The van der Waals surface area contributed by atoms with E-state index < -0.39 is 0 Å². The summed E-state index contributed by atoms with van der Waals surface area (Å²) in [6.45, 7) is 1.93. The molecule has 0 aliphatic rings. The average Bonchev–Trinajstić information content (AvgIpc) is 2.40. The third kappa shape index (κ3) is 3.18. The van der Waals surface area contributed by atoms with Crippen molar-refractivity contribution in [1.82, 2.24) is 14.5 Å². The fourth-order valence-corrected chi connectivity index (χ4v) is 1.69. The van der Waals surface area contributed by atoms with E-state index >= 15 is 0 Å². The van der Waals surface area contributed by atoms with E-state index in [0.717, 1.165) is 18.8 Å². The van der Waals surface area contributed by atoms with Gasteiger partial charge in [-0.3, -0.25) is 0 Å². The van der Waals surface area contributed by atoms with Crippen molar-refractivity contribution in [3.63, 3.8) is 0 Å². The van der Waals surface area contributed by atoms with Crippen LogP contribution in [-0.2, 0) is 6.54 Å². The molecule has 0 saturated carbocycles. The molecule has 1 rings (SSSR count). The molecule has 0 bridgehead atoms. The SMILES string of the molecule is CN(CCS)Cc1cnns1. The molecule has 0 spiro atoms. The molecular formula is C6H11N3S2. The van der Waals surface area contributed by atoms with Crippen molar-refractivity contribution in [3.8, 4) is 0 Å². The van der Waals surface area contributed by atoms with Crippen LogP contribution in [0.2, 0.25) is 0 Å². The molecule has 0 unspecified atom stereocenters. The molecule has 3 nitrogen and oxygen atoms in total. The molecule has 0 aliphatic carbocycles. The van der Waals surface area contributed by atoms with Crippen molar-refractivity contribution in [1.29, 1.82) is 0 Å². The van der Waals surface area contributed by atoms with Gasteiger partial charge in [-0.05, 0) is 18.6 Å². The molecule has 0 radical (unpaired) electrons. The van der Waals surface area contributed by atoms with E-state index in [0.29, 0.717) is 0 Å². The minimum Gasteiger partial charge on any atom is -0.300 e. The van der Waals surface area contributed by atoms with Gasteiger partial charge in [0.2, 0.25) is 0 Å². The number of rotatable bonds is 4. The lowest BCUT2D eigenvalue weighted by atomic mass is 10.5. The highest BCUT2D eigenvalue weighted by atomic mass is 32.1. The van der Waals surface area contributed by atoms with Crippen LogP contribution in [0.4, 0.5) is 0 Å². The van der Waals surface area contributed by atoms with Gasteiger partial charge in [-0.1, -0.05) is 4.49 Å². The van der Waals surface area contributed by atoms with E-state index in [4.69, 9.17) is 0 Å². The fourth-order valence-electron chi connectivity index (χ4n) is 0.773. The van der Waals surface area contributed by atoms with Gasteiger partial charge in [-0.15, -0.1) is 5.10 Å². The Hall–Kier alpha value is -0.130.